The van der Waals surface area contributed by atoms with Crippen molar-refractivity contribution in [2.24, 2.45) is 11.7 Å². The lowest BCUT2D eigenvalue weighted by Gasteiger charge is -2.36. The predicted octanol–water partition coefficient (Wildman–Crippen LogP) is 1.98. The van der Waals surface area contributed by atoms with Gasteiger partial charge in [0.1, 0.15) is 5.75 Å². The number of piperazine rings is 1. The van der Waals surface area contributed by atoms with E-state index in [9.17, 15) is 4.79 Å². The van der Waals surface area contributed by atoms with Crippen molar-refractivity contribution in [1.29, 1.82) is 0 Å². The number of nitrogens with zero attached hydrogens (tertiary/aromatic N) is 2. The first kappa shape index (κ1) is 18.0. The minimum absolute atomic E-state index is 0.115. The standard InChI is InChI=1S/C17H26ClN3O2/c1-12(13(2)19)17(22)21-8-6-20(7-9-21)11-14-10-15(18)4-5-16(14)23-3/h4-5,10,12-13H,6-9,11,19H2,1-3H3. The van der Waals surface area contributed by atoms with Crippen molar-refractivity contribution in [2.45, 2.75) is 26.4 Å². The lowest BCUT2D eigenvalue weighted by molar-refractivity contribution is -0.137. The molecule has 1 amide bonds. The average Bonchev–Trinajstić information content (AvgIpc) is 2.54. The van der Waals surface area contributed by atoms with Crippen LogP contribution in [0, 0.1) is 5.92 Å². The third-order valence-corrected chi connectivity index (χ3v) is 4.73. The summed E-state index contributed by atoms with van der Waals surface area (Å²) in [5, 5.41) is 0.709. The fourth-order valence-corrected chi connectivity index (χ4v) is 2.95. The third-order valence-electron chi connectivity index (χ3n) is 4.50. The minimum atomic E-state index is -0.130. The molecule has 128 valence electrons. The Morgan fingerprint density at radius 3 is 2.52 bits per heavy atom. The zero-order valence-corrected chi connectivity index (χ0v) is 14.8. The molecular formula is C17H26ClN3O2. The molecule has 1 aliphatic heterocycles. The Hall–Kier alpha value is -1.30. The van der Waals surface area contributed by atoms with Gasteiger partial charge in [-0.3, -0.25) is 9.69 Å². The van der Waals surface area contributed by atoms with E-state index in [2.05, 4.69) is 4.90 Å². The molecule has 1 fully saturated rings. The van der Waals surface area contributed by atoms with Crippen LogP contribution >= 0.6 is 11.6 Å². The number of methoxy groups -OCH3 is 1. The molecule has 2 unspecified atom stereocenters. The number of benzene rings is 1. The van der Waals surface area contributed by atoms with Gasteiger partial charge in [0.2, 0.25) is 5.91 Å². The Labute approximate surface area is 143 Å². The first-order valence-corrected chi connectivity index (χ1v) is 8.39. The van der Waals surface area contributed by atoms with Gasteiger partial charge in [-0.2, -0.15) is 0 Å². The Morgan fingerprint density at radius 1 is 1.30 bits per heavy atom. The van der Waals surface area contributed by atoms with Crippen molar-refractivity contribution in [1.82, 2.24) is 9.80 Å². The number of hydrogen-bond donors (Lipinski definition) is 1. The number of ether oxygens (including phenoxy) is 1. The van der Waals surface area contributed by atoms with Crippen molar-refractivity contribution in [3.8, 4) is 5.75 Å². The second-order valence-electron chi connectivity index (χ2n) is 6.21. The molecule has 2 rings (SSSR count). The monoisotopic (exact) mass is 339 g/mol. The van der Waals surface area contributed by atoms with Gasteiger partial charge in [0.05, 0.1) is 13.0 Å². The van der Waals surface area contributed by atoms with Gasteiger partial charge in [0.15, 0.2) is 0 Å². The summed E-state index contributed by atoms with van der Waals surface area (Å²) in [6.45, 7) is 7.70. The van der Waals surface area contributed by atoms with Crippen LogP contribution in [-0.4, -0.2) is 55.0 Å². The number of halogens is 1. The summed E-state index contributed by atoms with van der Waals surface area (Å²) < 4.78 is 5.40. The molecule has 2 atom stereocenters. The highest BCUT2D eigenvalue weighted by Gasteiger charge is 2.26. The molecule has 1 heterocycles. The fraction of sp³-hybridized carbons (Fsp3) is 0.588. The Kier molecular flexibility index (Phi) is 6.27. The predicted molar refractivity (Wildman–Crippen MR) is 92.7 cm³/mol. The van der Waals surface area contributed by atoms with E-state index < -0.39 is 0 Å². The molecule has 23 heavy (non-hydrogen) atoms. The Bertz CT molecular complexity index is 543. The van der Waals surface area contributed by atoms with Crippen LogP contribution in [0.4, 0.5) is 0 Å². The molecule has 0 spiro atoms. The van der Waals surface area contributed by atoms with Gasteiger partial charge in [-0.15, -0.1) is 0 Å². The minimum Gasteiger partial charge on any atom is -0.496 e. The summed E-state index contributed by atoms with van der Waals surface area (Å²) >= 11 is 6.08. The number of carbonyl (C=O) groups excluding carboxylic acids is 1. The maximum atomic E-state index is 12.3. The second kappa shape index (κ2) is 7.99. The van der Waals surface area contributed by atoms with Gasteiger partial charge in [-0.1, -0.05) is 18.5 Å². The molecule has 0 aromatic heterocycles. The highest BCUT2D eigenvalue weighted by atomic mass is 35.5. The van der Waals surface area contributed by atoms with Gasteiger partial charge >= 0.3 is 0 Å². The molecule has 1 aliphatic rings. The van der Waals surface area contributed by atoms with Gasteiger partial charge < -0.3 is 15.4 Å². The lowest BCUT2D eigenvalue weighted by atomic mass is 10.0. The molecule has 6 heteroatoms. The fourth-order valence-electron chi connectivity index (χ4n) is 2.75. The summed E-state index contributed by atoms with van der Waals surface area (Å²) in [7, 11) is 1.67. The lowest BCUT2D eigenvalue weighted by Crippen LogP contribution is -2.51. The van der Waals surface area contributed by atoms with Gasteiger partial charge in [0.25, 0.3) is 0 Å². The molecule has 1 saturated heterocycles. The van der Waals surface area contributed by atoms with E-state index in [-0.39, 0.29) is 17.9 Å². The Balaban J connectivity index is 1.93. The average molecular weight is 340 g/mol. The van der Waals surface area contributed by atoms with E-state index in [0.29, 0.717) is 5.02 Å². The quantitative estimate of drug-likeness (QED) is 0.891. The molecule has 1 aromatic rings. The number of hydrogen-bond acceptors (Lipinski definition) is 4. The van der Waals surface area contributed by atoms with Crippen molar-refractivity contribution in [3.05, 3.63) is 28.8 Å². The zero-order chi connectivity index (χ0) is 17.0. The number of nitrogens with two attached hydrogens (primary N) is 1. The SMILES string of the molecule is COc1ccc(Cl)cc1CN1CCN(C(=O)C(C)C(C)N)CC1. The van der Waals surface area contributed by atoms with E-state index in [1.807, 2.05) is 36.9 Å². The summed E-state index contributed by atoms with van der Waals surface area (Å²) in [6, 6.07) is 5.55. The smallest absolute Gasteiger partial charge is 0.227 e. The first-order chi connectivity index (χ1) is 10.9. The van der Waals surface area contributed by atoms with E-state index in [1.165, 1.54) is 0 Å². The topological polar surface area (TPSA) is 58.8 Å². The van der Waals surface area contributed by atoms with Gasteiger partial charge in [0, 0.05) is 49.4 Å². The molecular weight excluding hydrogens is 314 g/mol. The second-order valence-corrected chi connectivity index (χ2v) is 6.64. The van der Waals surface area contributed by atoms with Crippen molar-refractivity contribution in [2.75, 3.05) is 33.3 Å². The van der Waals surface area contributed by atoms with Crippen molar-refractivity contribution in [3.63, 3.8) is 0 Å². The molecule has 0 radical (unpaired) electrons. The van der Waals surface area contributed by atoms with E-state index >= 15 is 0 Å². The third kappa shape index (κ3) is 4.59. The summed E-state index contributed by atoms with van der Waals surface area (Å²) in [4.78, 5) is 16.6. The van der Waals surface area contributed by atoms with Crippen molar-refractivity contribution >= 4 is 17.5 Å². The van der Waals surface area contributed by atoms with Gasteiger partial charge in [-0.05, 0) is 25.1 Å². The van der Waals surface area contributed by atoms with Gasteiger partial charge in [-0.25, -0.2) is 0 Å². The largest absolute Gasteiger partial charge is 0.496 e. The van der Waals surface area contributed by atoms with Crippen LogP contribution in [0.15, 0.2) is 18.2 Å². The van der Waals surface area contributed by atoms with Crippen molar-refractivity contribution < 1.29 is 9.53 Å². The molecule has 2 N–H and O–H groups in total. The number of carbonyl (C=O) groups is 1. The van der Waals surface area contributed by atoms with Crippen LogP contribution in [0.5, 0.6) is 5.75 Å². The zero-order valence-electron chi connectivity index (χ0n) is 14.1. The first-order valence-electron chi connectivity index (χ1n) is 8.01. The van der Waals surface area contributed by atoms with Crippen LogP contribution in [0.3, 0.4) is 0 Å². The Morgan fingerprint density at radius 2 is 1.96 bits per heavy atom. The van der Waals surface area contributed by atoms with E-state index in [1.54, 1.807) is 7.11 Å². The molecule has 0 bridgehead atoms. The van der Waals surface area contributed by atoms with Crippen LogP contribution in [0.2, 0.25) is 5.02 Å². The maximum Gasteiger partial charge on any atom is 0.227 e. The van der Waals surface area contributed by atoms with Crippen LogP contribution in [0.25, 0.3) is 0 Å². The summed E-state index contributed by atoms with van der Waals surface area (Å²) in [5.74, 6) is 0.869. The number of rotatable bonds is 5. The summed E-state index contributed by atoms with van der Waals surface area (Å²) in [6.07, 6.45) is 0. The highest BCUT2D eigenvalue weighted by Crippen LogP contribution is 2.24. The highest BCUT2D eigenvalue weighted by molar-refractivity contribution is 6.30. The van der Waals surface area contributed by atoms with Crippen LogP contribution < -0.4 is 10.5 Å². The van der Waals surface area contributed by atoms with E-state index in [4.69, 9.17) is 22.1 Å². The number of amides is 1. The molecule has 1 aromatic carbocycles. The maximum absolute atomic E-state index is 12.3. The molecule has 5 nitrogen and oxygen atoms in total. The van der Waals surface area contributed by atoms with E-state index in [0.717, 1.165) is 44.0 Å². The van der Waals surface area contributed by atoms with Crippen LogP contribution in [0.1, 0.15) is 19.4 Å². The normalized spacial score (nSPS) is 18.6. The molecule has 0 saturated carbocycles. The molecule has 0 aliphatic carbocycles. The van der Waals surface area contributed by atoms with Crippen LogP contribution in [-0.2, 0) is 11.3 Å². The summed E-state index contributed by atoms with van der Waals surface area (Å²) in [5.41, 5.74) is 6.91.